The summed E-state index contributed by atoms with van der Waals surface area (Å²) in [5.74, 6) is 0.611. The van der Waals surface area contributed by atoms with Gasteiger partial charge in [0.2, 0.25) is 0 Å². The van der Waals surface area contributed by atoms with E-state index in [2.05, 4.69) is 17.1 Å². The maximum absolute atomic E-state index is 6.20. The smallest absolute Gasteiger partial charge is 0.0652 e. The molecule has 21 heavy (non-hydrogen) atoms. The van der Waals surface area contributed by atoms with Gasteiger partial charge in [0.1, 0.15) is 0 Å². The van der Waals surface area contributed by atoms with Gasteiger partial charge in [-0.05, 0) is 50.5 Å². The summed E-state index contributed by atoms with van der Waals surface area (Å²) in [6.07, 6.45) is 4.07. The van der Waals surface area contributed by atoms with Crippen molar-refractivity contribution in [1.29, 1.82) is 0 Å². The van der Waals surface area contributed by atoms with E-state index in [4.69, 9.17) is 34.8 Å². The van der Waals surface area contributed by atoms with E-state index < -0.39 is 0 Å². The second-order valence-electron chi connectivity index (χ2n) is 5.92. The number of nitrogens with zero attached hydrogens (tertiary/aromatic N) is 1. The molecule has 118 valence electrons. The number of piperidine rings is 1. The van der Waals surface area contributed by atoms with Crippen LogP contribution in [0.15, 0.2) is 12.1 Å². The molecule has 0 spiro atoms. The quantitative estimate of drug-likeness (QED) is 0.738. The standard InChI is InChI=1S/C16H23Cl3N2/c1-12(11-21-7-3-2-4-8-21)9-20-10-13-14(17)5-6-15(18)16(13)19/h5-6,12,20H,2-4,7-11H2,1H3. The van der Waals surface area contributed by atoms with Crippen LogP contribution in [0.3, 0.4) is 0 Å². The van der Waals surface area contributed by atoms with E-state index >= 15 is 0 Å². The number of benzene rings is 1. The van der Waals surface area contributed by atoms with Crippen LogP contribution in [0.2, 0.25) is 15.1 Å². The van der Waals surface area contributed by atoms with E-state index in [-0.39, 0.29) is 0 Å². The van der Waals surface area contributed by atoms with Crippen LogP contribution in [-0.2, 0) is 6.54 Å². The molecule has 2 nitrogen and oxygen atoms in total. The summed E-state index contributed by atoms with van der Waals surface area (Å²) in [4.78, 5) is 2.56. The fraction of sp³-hybridized carbons (Fsp3) is 0.625. The molecule has 1 atom stereocenters. The van der Waals surface area contributed by atoms with Crippen LogP contribution in [0.5, 0.6) is 0 Å². The van der Waals surface area contributed by atoms with Crippen molar-refractivity contribution in [3.05, 3.63) is 32.8 Å². The molecule has 1 aliphatic heterocycles. The van der Waals surface area contributed by atoms with Crippen molar-refractivity contribution in [2.45, 2.75) is 32.7 Å². The van der Waals surface area contributed by atoms with Crippen molar-refractivity contribution in [3.8, 4) is 0 Å². The number of hydrogen-bond acceptors (Lipinski definition) is 2. The van der Waals surface area contributed by atoms with Crippen LogP contribution < -0.4 is 5.32 Å². The van der Waals surface area contributed by atoms with Crippen molar-refractivity contribution in [3.63, 3.8) is 0 Å². The van der Waals surface area contributed by atoms with Gasteiger partial charge >= 0.3 is 0 Å². The molecule has 0 saturated carbocycles. The first kappa shape index (κ1) is 17.4. The maximum Gasteiger partial charge on any atom is 0.0652 e. The van der Waals surface area contributed by atoms with Gasteiger partial charge in [-0.1, -0.05) is 48.1 Å². The van der Waals surface area contributed by atoms with E-state index in [0.29, 0.717) is 27.5 Å². The monoisotopic (exact) mass is 348 g/mol. The number of likely N-dealkylation sites (tertiary alicyclic amines) is 1. The third-order valence-electron chi connectivity index (χ3n) is 3.95. The van der Waals surface area contributed by atoms with Crippen LogP contribution in [-0.4, -0.2) is 31.1 Å². The molecule has 0 aromatic heterocycles. The van der Waals surface area contributed by atoms with Gasteiger partial charge in [-0.3, -0.25) is 0 Å². The zero-order valence-corrected chi connectivity index (χ0v) is 14.7. The molecule has 1 fully saturated rings. The molecule has 0 bridgehead atoms. The molecule has 0 amide bonds. The molecule has 1 unspecified atom stereocenters. The molecule has 0 aliphatic carbocycles. The van der Waals surface area contributed by atoms with Gasteiger partial charge in [0.15, 0.2) is 0 Å². The average Bonchev–Trinajstić information content (AvgIpc) is 2.48. The number of nitrogens with one attached hydrogen (secondary N) is 1. The second kappa shape index (κ2) is 8.59. The van der Waals surface area contributed by atoms with Crippen molar-refractivity contribution in [2.75, 3.05) is 26.2 Å². The second-order valence-corrected chi connectivity index (χ2v) is 7.11. The summed E-state index contributed by atoms with van der Waals surface area (Å²) in [5, 5.41) is 5.22. The minimum absolute atomic E-state index is 0.555. The summed E-state index contributed by atoms with van der Waals surface area (Å²) < 4.78 is 0. The van der Waals surface area contributed by atoms with Crippen molar-refractivity contribution >= 4 is 34.8 Å². The maximum atomic E-state index is 6.20. The largest absolute Gasteiger partial charge is 0.312 e. The number of halogens is 3. The average molecular weight is 350 g/mol. The predicted molar refractivity (Wildman–Crippen MR) is 92.6 cm³/mol. The molecule has 1 aromatic rings. The topological polar surface area (TPSA) is 15.3 Å². The van der Waals surface area contributed by atoms with Gasteiger partial charge in [-0.25, -0.2) is 0 Å². The lowest BCUT2D eigenvalue weighted by Gasteiger charge is -2.29. The molecule has 1 aromatic carbocycles. The highest BCUT2D eigenvalue weighted by Gasteiger charge is 2.14. The number of hydrogen-bond donors (Lipinski definition) is 1. The van der Waals surface area contributed by atoms with Gasteiger partial charge < -0.3 is 10.2 Å². The Bertz CT molecular complexity index is 459. The highest BCUT2D eigenvalue weighted by Crippen LogP contribution is 2.31. The molecule has 1 saturated heterocycles. The van der Waals surface area contributed by atoms with E-state index in [1.54, 1.807) is 12.1 Å². The van der Waals surface area contributed by atoms with Crippen molar-refractivity contribution < 1.29 is 0 Å². The zero-order chi connectivity index (χ0) is 15.2. The first-order chi connectivity index (χ1) is 10.1. The van der Waals surface area contributed by atoms with Crippen LogP contribution in [0.25, 0.3) is 0 Å². The third kappa shape index (κ3) is 5.30. The van der Waals surface area contributed by atoms with Crippen LogP contribution >= 0.6 is 34.8 Å². The molecule has 5 heteroatoms. The Hall–Kier alpha value is 0.01000. The van der Waals surface area contributed by atoms with Crippen LogP contribution in [0.1, 0.15) is 31.7 Å². The molecular formula is C16H23Cl3N2. The van der Waals surface area contributed by atoms with Crippen molar-refractivity contribution in [1.82, 2.24) is 10.2 Å². The highest BCUT2D eigenvalue weighted by atomic mass is 35.5. The van der Waals surface area contributed by atoms with Crippen LogP contribution in [0.4, 0.5) is 0 Å². The molecule has 2 rings (SSSR count). The lowest BCUT2D eigenvalue weighted by atomic mass is 10.1. The zero-order valence-electron chi connectivity index (χ0n) is 12.5. The third-order valence-corrected chi connectivity index (χ3v) is 5.15. The first-order valence-corrected chi connectivity index (χ1v) is 8.76. The lowest BCUT2D eigenvalue weighted by Crippen LogP contribution is -2.36. The highest BCUT2D eigenvalue weighted by molar-refractivity contribution is 6.44. The minimum Gasteiger partial charge on any atom is -0.312 e. The van der Waals surface area contributed by atoms with Gasteiger partial charge in [-0.15, -0.1) is 0 Å². The Morgan fingerprint density at radius 1 is 1.10 bits per heavy atom. The first-order valence-electron chi connectivity index (χ1n) is 7.63. The van der Waals surface area contributed by atoms with E-state index in [1.807, 2.05) is 0 Å². The Morgan fingerprint density at radius 3 is 2.48 bits per heavy atom. The van der Waals surface area contributed by atoms with Gasteiger partial charge in [0, 0.05) is 23.7 Å². The molecular weight excluding hydrogens is 327 g/mol. The fourth-order valence-electron chi connectivity index (χ4n) is 2.82. The Morgan fingerprint density at radius 2 is 1.76 bits per heavy atom. The van der Waals surface area contributed by atoms with Gasteiger partial charge in [0.25, 0.3) is 0 Å². The van der Waals surface area contributed by atoms with Gasteiger partial charge in [-0.2, -0.15) is 0 Å². The van der Waals surface area contributed by atoms with E-state index in [1.165, 1.54) is 32.4 Å². The van der Waals surface area contributed by atoms with Crippen LogP contribution in [0, 0.1) is 5.92 Å². The Kier molecular flexibility index (Phi) is 7.11. The van der Waals surface area contributed by atoms with Crippen molar-refractivity contribution in [2.24, 2.45) is 5.92 Å². The lowest BCUT2D eigenvalue weighted by molar-refractivity contribution is 0.199. The van der Waals surface area contributed by atoms with E-state index in [9.17, 15) is 0 Å². The predicted octanol–water partition coefficient (Wildman–Crippen LogP) is 4.86. The number of rotatable bonds is 6. The Balaban J connectivity index is 1.77. The molecule has 1 aliphatic rings. The summed E-state index contributed by atoms with van der Waals surface area (Å²) >= 11 is 18.4. The fourth-order valence-corrected chi connectivity index (χ4v) is 3.50. The normalized spacial score (nSPS) is 17.9. The summed E-state index contributed by atoms with van der Waals surface area (Å²) in [7, 11) is 0. The molecule has 1 N–H and O–H groups in total. The van der Waals surface area contributed by atoms with Gasteiger partial charge in [0.05, 0.1) is 10.0 Å². The van der Waals surface area contributed by atoms with E-state index in [0.717, 1.165) is 18.7 Å². The SMILES string of the molecule is CC(CNCc1c(Cl)ccc(Cl)c1Cl)CN1CCCCC1. The summed E-state index contributed by atoms with van der Waals surface area (Å²) in [6, 6.07) is 3.53. The summed E-state index contributed by atoms with van der Waals surface area (Å²) in [5.41, 5.74) is 0.885. The minimum atomic E-state index is 0.555. The molecule has 1 heterocycles. The summed E-state index contributed by atoms with van der Waals surface area (Å²) in [6.45, 7) is 7.54. The Labute approximate surface area is 142 Å². The molecule has 0 radical (unpaired) electrons.